The topological polar surface area (TPSA) is 50.1 Å². The molecule has 0 radical (unpaired) electrons. The monoisotopic (exact) mass is 273 g/mol. The molecular formula is C15H9F2NO2. The van der Waals surface area contributed by atoms with Crippen LogP contribution in [0.4, 0.5) is 8.78 Å². The molecule has 0 unspecified atom stereocenters. The second-order valence-electron chi connectivity index (χ2n) is 3.96. The van der Waals surface area contributed by atoms with Gasteiger partial charge in [0, 0.05) is 0 Å². The molecule has 2 rings (SSSR count). The van der Waals surface area contributed by atoms with Crippen LogP contribution in [-0.2, 0) is 11.3 Å². The molecule has 2 aromatic rings. The average molecular weight is 273 g/mol. The van der Waals surface area contributed by atoms with Gasteiger partial charge in [-0.1, -0.05) is 30.3 Å². The number of hydrogen-bond acceptors (Lipinski definition) is 3. The zero-order valence-electron chi connectivity index (χ0n) is 10.3. The lowest BCUT2D eigenvalue weighted by molar-refractivity contribution is 0.0461. The fraction of sp³-hybridized carbons (Fsp3) is 0.0667. The molecule has 20 heavy (non-hydrogen) atoms. The van der Waals surface area contributed by atoms with Crippen LogP contribution >= 0.6 is 0 Å². The van der Waals surface area contributed by atoms with Crippen LogP contribution in [0.1, 0.15) is 21.5 Å². The number of carbonyl (C=O) groups excluding carboxylic acids is 1. The van der Waals surface area contributed by atoms with Crippen molar-refractivity contribution < 1.29 is 18.3 Å². The SMILES string of the molecule is N#Cc1ccc(F)c(C(=O)OCc2ccccc2)c1F. The summed E-state index contributed by atoms with van der Waals surface area (Å²) in [6.45, 7) is -0.102. The van der Waals surface area contributed by atoms with E-state index >= 15 is 0 Å². The van der Waals surface area contributed by atoms with Crippen molar-refractivity contribution in [1.82, 2.24) is 0 Å². The maximum Gasteiger partial charge on any atom is 0.344 e. The van der Waals surface area contributed by atoms with Gasteiger partial charge in [-0.3, -0.25) is 0 Å². The van der Waals surface area contributed by atoms with Crippen LogP contribution in [0.3, 0.4) is 0 Å². The molecule has 100 valence electrons. The highest BCUT2D eigenvalue weighted by Gasteiger charge is 2.21. The van der Waals surface area contributed by atoms with E-state index in [-0.39, 0.29) is 6.61 Å². The second-order valence-corrected chi connectivity index (χ2v) is 3.96. The lowest BCUT2D eigenvalue weighted by atomic mass is 10.1. The van der Waals surface area contributed by atoms with Crippen molar-refractivity contribution in [2.45, 2.75) is 6.61 Å². The lowest BCUT2D eigenvalue weighted by Gasteiger charge is -2.07. The fourth-order valence-corrected chi connectivity index (χ4v) is 1.62. The molecule has 0 spiro atoms. The van der Waals surface area contributed by atoms with E-state index in [1.54, 1.807) is 36.4 Å². The van der Waals surface area contributed by atoms with Crippen LogP contribution in [-0.4, -0.2) is 5.97 Å². The van der Waals surface area contributed by atoms with Gasteiger partial charge >= 0.3 is 5.97 Å². The van der Waals surface area contributed by atoms with E-state index in [0.29, 0.717) is 5.56 Å². The minimum absolute atomic E-state index is 0.102. The van der Waals surface area contributed by atoms with Gasteiger partial charge in [0.2, 0.25) is 0 Å². The largest absolute Gasteiger partial charge is 0.457 e. The molecular weight excluding hydrogens is 264 g/mol. The van der Waals surface area contributed by atoms with Gasteiger partial charge in [-0.05, 0) is 17.7 Å². The minimum atomic E-state index is -1.20. The molecule has 0 aromatic heterocycles. The van der Waals surface area contributed by atoms with Crippen LogP contribution in [0.5, 0.6) is 0 Å². The smallest absolute Gasteiger partial charge is 0.344 e. The third-order valence-corrected chi connectivity index (χ3v) is 2.63. The molecule has 2 aromatic carbocycles. The molecule has 0 bridgehead atoms. The number of esters is 1. The third kappa shape index (κ3) is 2.81. The Morgan fingerprint density at radius 1 is 1.15 bits per heavy atom. The molecule has 0 N–H and O–H groups in total. The molecule has 0 aliphatic carbocycles. The van der Waals surface area contributed by atoms with Crippen molar-refractivity contribution in [2.24, 2.45) is 0 Å². The van der Waals surface area contributed by atoms with Gasteiger partial charge in [-0.2, -0.15) is 5.26 Å². The van der Waals surface area contributed by atoms with Gasteiger partial charge < -0.3 is 4.74 Å². The van der Waals surface area contributed by atoms with E-state index in [9.17, 15) is 13.6 Å². The molecule has 0 aliphatic heterocycles. The van der Waals surface area contributed by atoms with E-state index in [0.717, 1.165) is 12.1 Å². The Balaban J connectivity index is 2.20. The van der Waals surface area contributed by atoms with E-state index in [2.05, 4.69) is 0 Å². The summed E-state index contributed by atoms with van der Waals surface area (Å²) in [7, 11) is 0. The second kappa shape index (κ2) is 5.93. The van der Waals surface area contributed by atoms with Crippen LogP contribution in [0, 0.1) is 23.0 Å². The average Bonchev–Trinajstić information content (AvgIpc) is 2.46. The Hall–Kier alpha value is -2.74. The Labute approximate surface area is 114 Å². The Bertz CT molecular complexity index is 678. The molecule has 0 saturated carbocycles. The number of nitriles is 1. The quantitative estimate of drug-likeness (QED) is 0.807. The first-order chi connectivity index (χ1) is 9.63. The maximum atomic E-state index is 13.7. The van der Waals surface area contributed by atoms with E-state index in [4.69, 9.17) is 10.00 Å². The van der Waals surface area contributed by atoms with Gasteiger partial charge in [-0.15, -0.1) is 0 Å². The van der Waals surface area contributed by atoms with Crippen LogP contribution in [0.25, 0.3) is 0 Å². The van der Waals surface area contributed by atoms with Gasteiger partial charge in [0.25, 0.3) is 0 Å². The summed E-state index contributed by atoms with van der Waals surface area (Å²) in [5, 5.41) is 8.66. The molecule has 5 heteroatoms. The first kappa shape index (κ1) is 13.7. The maximum absolute atomic E-state index is 13.7. The zero-order chi connectivity index (χ0) is 14.5. The van der Waals surface area contributed by atoms with Crippen LogP contribution in [0.15, 0.2) is 42.5 Å². The number of ether oxygens (including phenoxy) is 1. The summed E-state index contributed by atoms with van der Waals surface area (Å²) < 4.78 is 32.1. The molecule has 0 fully saturated rings. The highest BCUT2D eigenvalue weighted by atomic mass is 19.1. The minimum Gasteiger partial charge on any atom is -0.457 e. The van der Waals surface area contributed by atoms with Crippen molar-refractivity contribution in [1.29, 1.82) is 5.26 Å². The molecule has 0 atom stereocenters. The van der Waals surface area contributed by atoms with Gasteiger partial charge in [-0.25, -0.2) is 13.6 Å². The number of carbonyl (C=O) groups is 1. The first-order valence-electron chi connectivity index (χ1n) is 5.72. The van der Waals surface area contributed by atoms with E-state index in [1.165, 1.54) is 0 Å². The lowest BCUT2D eigenvalue weighted by Crippen LogP contribution is -2.11. The van der Waals surface area contributed by atoms with Crippen molar-refractivity contribution in [3.8, 4) is 6.07 Å². The molecule has 0 amide bonds. The van der Waals surface area contributed by atoms with Gasteiger partial charge in [0.05, 0.1) is 5.56 Å². The fourth-order valence-electron chi connectivity index (χ4n) is 1.62. The normalized spacial score (nSPS) is 9.85. The summed E-state index contributed by atoms with van der Waals surface area (Å²) in [5.41, 5.74) is -0.559. The Morgan fingerprint density at radius 3 is 2.50 bits per heavy atom. The Kier molecular flexibility index (Phi) is 4.06. The molecule has 0 heterocycles. The first-order valence-corrected chi connectivity index (χ1v) is 5.72. The van der Waals surface area contributed by atoms with Crippen LogP contribution < -0.4 is 0 Å². The number of hydrogen-bond donors (Lipinski definition) is 0. The Morgan fingerprint density at radius 2 is 1.85 bits per heavy atom. The van der Waals surface area contributed by atoms with Gasteiger partial charge in [0.15, 0.2) is 5.82 Å². The third-order valence-electron chi connectivity index (χ3n) is 2.63. The van der Waals surface area contributed by atoms with Crippen molar-refractivity contribution in [3.05, 3.63) is 70.8 Å². The van der Waals surface area contributed by atoms with E-state index < -0.39 is 28.7 Å². The predicted octanol–water partition coefficient (Wildman–Crippen LogP) is 3.19. The van der Waals surface area contributed by atoms with Crippen LogP contribution in [0.2, 0.25) is 0 Å². The number of rotatable bonds is 3. The summed E-state index contributed by atoms with van der Waals surface area (Å²) in [4.78, 5) is 11.7. The standard InChI is InChI=1S/C15H9F2NO2/c16-12-7-6-11(8-18)14(17)13(12)15(19)20-9-10-4-2-1-3-5-10/h1-7H,9H2. The van der Waals surface area contributed by atoms with Crippen molar-refractivity contribution in [3.63, 3.8) is 0 Å². The predicted molar refractivity (Wildman–Crippen MR) is 66.6 cm³/mol. The number of nitrogens with zero attached hydrogens (tertiary/aromatic N) is 1. The summed E-state index contributed by atoms with van der Waals surface area (Å²) >= 11 is 0. The molecule has 0 aliphatic rings. The summed E-state index contributed by atoms with van der Waals surface area (Å²) in [6.07, 6.45) is 0. The van der Waals surface area contributed by atoms with Crippen molar-refractivity contribution in [2.75, 3.05) is 0 Å². The zero-order valence-corrected chi connectivity index (χ0v) is 10.3. The highest BCUT2D eigenvalue weighted by Crippen LogP contribution is 2.18. The molecule has 0 saturated heterocycles. The van der Waals surface area contributed by atoms with E-state index in [1.807, 2.05) is 0 Å². The van der Waals surface area contributed by atoms with Crippen molar-refractivity contribution >= 4 is 5.97 Å². The summed E-state index contributed by atoms with van der Waals surface area (Å²) in [5.74, 6) is -3.40. The summed E-state index contributed by atoms with van der Waals surface area (Å²) in [6, 6.07) is 12.1. The van der Waals surface area contributed by atoms with Gasteiger partial charge in [0.1, 0.15) is 24.1 Å². The molecule has 3 nitrogen and oxygen atoms in total. The number of halogens is 2. The highest BCUT2D eigenvalue weighted by molar-refractivity contribution is 5.90. The number of benzene rings is 2.